The Morgan fingerprint density at radius 3 is 2.29 bits per heavy atom. The first-order valence-corrected chi connectivity index (χ1v) is 12.4. The number of benzene rings is 1. The Kier molecular flexibility index (Phi) is 7.16. The number of hydrogen-bond acceptors (Lipinski definition) is 2. The van der Waals surface area contributed by atoms with Crippen LogP contribution in [0.15, 0.2) is 137 Å². The maximum Gasteiger partial charge on any atom is 0.251 e. The highest BCUT2D eigenvalue weighted by Gasteiger charge is 2.44. The van der Waals surface area contributed by atoms with Crippen LogP contribution < -0.4 is 15.3 Å². The van der Waals surface area contributed by atoms with Crippen molar-refractivity contribution in [1.82, 2.24) is 0 Å². The fraction of sp³-hybridized carbons (Fsp3) is 0.188. The first-order valence-electron chi connectivity index (χ1n) is 12.4. The van der Waals surface area contributed by atoms with E-state index in [-0.39, 0.29) is 6.71 Å². The monoisotopic (exact) mass is 458 g/mol. The molecule has 3 aliphatic rings. The Balaban J connectivity index is 2.11. The predicted octanol–water partition coefficient (Wildman–Crippen LogP) is 7.85. The highest BCUT2D eigenvalue weighted by atomic mass is 15.2. The second kappa shape index (κ2) is 10.3. The van der Waals surface area contributed by atoms with Crippen molar-refractivity contribution < 1.29 is 0 Å². The summed E-state index contributed by atoms with van der Waals surface area (Å²) in [6, 6.07) is 6.72. The van der Waals surface area contributed by atoms with E-state index in [0.717, 1.165) is 12.1 Å². The molecule has 0 radical (unpaired) electrons. The van der Waals surface area contributed by atoms with E-state index >= 15 is 0 Å². The van der Waals surface area contributed by atoms with Crippen LogP contribution in [0.5, 0.6) is 0 Å². The van der Waals surface area contributed by atoms with Crippen LogP contribution in [0.4, 0.5) is 11.4 Å². The second-order valence-corrected chi connectivity index (χ2v) is 9.02. The zero-order chi connectivity index (χ0) is 25.1. The molecule has 0 fully saturated rings. The molecule has 3 heterocycles. The van der Waals surface area contributed by atoms with Crippen molar-refractivity contribution in [1.29, 1.82) is 0 Å². The van der Waals surface area contributed by atoms with Crippen LogP contribution in [0, 0.1) is 0 Å². The van der Waals surface area contributed by atoms with Crippen LogP contribution in [0.25, 0.3) is 0 Å². The average molecular weight is 458 g/mol. The van der Waals surface area contributed by atoms with E-state index in [1.807, 2.05) is 18.2 Å². The fourth-order valence-electron chi connectivity index (χ4n) is 5.63. The summed E-state index contributed by atoms with van der Waals surface area (Å²) in [7, 11) is 0. The lowest BCUT2D eigenvalue weighted by atomic mass is 9.32. The zero-order valence-electron chi connectivity index (χ0n) is 21.7. The summed E-state index contributed by atoms with van der Waals surface area (Å²) < 4.78 is 0. The molecule has 0 saturated carbocycles. The summed E-state index contributed by atoms with van der Waals surface area (Å²) in [6.07, 6.45) is 24.2. The van der Waals surface area contributed by atoms with Gasteiger partial charge in [-0.2, -0.15) is 0 Å². The zero-order valence-corrected chi connectivity index (χ0v) is 21.7. The SMILES string of the molecule is C=C/C=C\C1=C(C)CC2=C(/C=C\C)B3C(/C=C\C)=C(C)N(C(/C=C\C)=C/C=C)c4cccc(c43)N12. The summed E-state index contributed by atoms with van der Waals surface area (Å²) in [5.41, 5.74) is 12.9. The van der Waals surface area contributed by atoms with Gasteiger partial charge in [-0.15, -0.1) is 0 Å². The summed E-state index contributed by atoms with van der Waals surface area (Å²) >= 11 is 0. The van der Waals surface area contributed by atoms with Crippen LogP contribution in [0.2, 0.25) is 0 Å². The van der Waals surface area contributed by atoms with Crippen LogP contribution in [-0.2, 0) is 0 Å². The van der Waals surface area contributed by atoms with E-state index in [0.29, 0.717) is 0 Å². The summed E-state index contributed by atoms with van der Waals surface area (Å²) in [4.78, 5) is 4.86. The molecule has 0 aromatic heterocycles. The van der Waals surface area contributed by atoms with Gasteiger partial charge in [-0.1, -0.05) is 67.8 Å². The molecule has 0 aliphatic carbocycles. The van der Waals surface area contributed by atoms with Crippen molar-refractivity contribution in [2.24, 2.45) is 0 Å². The normalized spacial score (nSPS) is 18.3. The van der Waals surface area contributed by atoms with Crippen LogP contribution in [0.3, 0.4) is 0 Å². The number of hydrogen-bond donors (Lipinski definition) is 0. The third-order valence-electron chi connectivity index (χ3n) is 6.89. The molecule has 1 aromatic rings. The molecule has 2 nitrogen and oxygen atoms in total. The second-order valence-electron chi connectivity index (χ2n) is 9.02. The maximum absolute atomic E-state index is 3.99. The summed E-state index contributed by atoms with van der Waals surface area (Å²) in [5.74, 6) is 0. The lowest BCUT2D eigenvalue weighted by Crippen LogP contribution is -2.50. The summed E-state index contributed by atoms with van der Waals surface area (Å²) in [5, 5.41) is 0. The standard InChI is InChI=1S/C32H35BN2/c1-8-13-19-28-23(6)22-31-27(18-12-5)33-26(17-11-4)24(7)34(25(15-9-2)16-10-3)29-20-14-21-30(32(29)33)35(28)31/h8-21H,1-2,22H2,3-7H3/b16-10-,17-11-,18-12-,19-13-,25-15+. The number of allylic oxidation sites excluding steroid dienone is 15. The summed E-state index contributed by atoms with van der Waals surface area (Å²) in [6.45, 7) is 18.8. The predicted molar refractivity (Wildman–Crippen MR) is 156 cm³/mol. The van der Waals surface area contributed by atoms with Gasteiger partial charge in [0.1, 0.15) is 0 Å². The molecular weight excluding hydrogens is 423 g/mol. The molecule has 4 rings (SSSR count). The van der Waals surface area contributed by atoms with Gasteiger partial charge in [-0.3, -0.25) is 0 Å². The molecule has 0 saturated heterocycles. The van der Waals surface area contributed by atoms with Crippen LogP contribution >= 0.6 is 0 Å². The molecule has 35 heavy (non-hydrogen) atoms. The van der Waals surface area contributed by atoms with E-state index in [2.05, 4.69) is 124 Å². The van der Waals surface area contributed by atoms with Gasteiger partial charge in [0.15, 0.2) is 0 Å². The quantitative estimate of drug-likeness (QED) is 0.303. The third kappa shape index (κ3) is 3.95. The van der Waals surface area contributed by atoms with Gasteiger partial charge in [0.2, 0.25) is 0 Å². The fourth-order valence-corrected chi connectivity index (χ4v) is 5.63. The van der Waals surface area contributed by atoms with Gasteiger partial charge >= 0.3 is 0 Å². The van der Waals surface area contributed by atoms with Gasteiger partial charge in [0.25, 0.3) is 6.71 Å². The van der Waals surface area contributed by atoms with Crippen molar-refractivity contribution in [2.75, 3.05) is 9.80 Å². The van der Waals surface area contributed by atoms with Crippen LogP contribution in [-0.4, -0.2) is 6.71 Å². The lowest BCUT2D eigenvalue weighted by Gasteiger charge is -2.44. The Bertz CT molecular complexity index is 1310. The van der Waals surface area contributed by atoms with Crippen molar-refractivity contribution in [2.45, 2.75) is 41.0 Å². The molecule has 0 amide bonds. The first kappa shape index (κ1) is 24.4. The molecular formula is C32H35BN2. The Hall–Kier alpha value is -3.72. The Morgan fingerprint density at radius 2 is 1.63 bits per heavy atom. The van der Waals surface area contributed by atoms with Crippen molar-refractivity contribution >= 4 is 23.6 Å². The molecule has 0 spiro atoms. The van der Waals surface area contributed by atoms with E-state index < -0.39 is 0 Å². The minimum Gasteiger partial charge on any atom is -0.315 e. The number of nitrogens with zero attached hydrogens (tertiary/aromatic N) is 2. The average Bonchev–Trinajstić information content (AvgIpc) is 3.18. The van der Waals surface area contributed by atoms with Gasteiger partial charge in [-0.25, -0.2) is 0 Å². The highest BCUT2D eigenvalue weighted by molar-refractivity contribution is 6.90. The van der Waals surface area contributed by atoms with Gasteiger partial charge < -0.3 is 9.80 Å². The smallest absolute Gasteiger partial charge is 0.251 e. The molecule has 0 bridgehead atoms. The van der Waals surface area contributed by atoms with E-state index in [1.165, 1.54) is 50.4 Å². The highest BCUT2D eigenvalue weighted by Crippen LogP contribution is 2.47. The topological polar surface area (TPSA) is 6.48 Å². The van der Waals surface area contributed by atoms with Gasteiger partial charge in [-0.05, 0) is 87.0 Å². The van der Waals surface area contributed by atoms with Crippen molar-refractivity contribution in [3.8, 4) is 0 Å². The molecule has 3 aliphatic heterocycles. The largest absolute Gasteiger partial charge is 0.315 e. The lowest BCUT2D eigenvalue weighted by molar-refractivity contribution is 1.06. The Morgan fingerprint density at radius 1 is 0.914 bits per heavy atom. The molecule has 0 atom stereocenters. The van der Waals surface area contributed by atoms with E-state index in [4.69, 9.17) is 0 Å². The van der Waals surface area contributed by atoms with E-state index in [9.17, 15) is 0 Å². The molecule has 0 unspecified atom stereocenters. The minimum absolute atomic E-state index is 0.183. The van der Waals surface area contributed by atoms with Crippen molar-refractivity contribution in [3.63, 3.8) is 0 Å². The van der Waals surface area contributed by atoms with E-state index in [1.54, 1.807) is 0 Å². The molecule has 1 aromatic carbocycles. The first-order chi connectivity index (χ1) is 17.0. The van der Waals surface area contributed by atoms with Crippen LogP contribution in [0.1, 0.15) is 41.0 Å². The number of rotatable bonds is 7. The third-order valence-corrected chi connectivity index (χ3v) is 6.89. The molecule has 0 N–H and O–H groups in total. The Labute approximate surface area is 211 Å². The van der Waals surface area contributed by atoms with Gasteiger partial charge in [0.05, 0.1) is 0 Å². The molecule has 176 valence electrons. The van der Waals surface area contributed by atoms with Gasteiger partial charge in [0, 0.05) is 40.6 Å². The minimum atomic E-state index is 0.183. The number of anilines is 2. The number of fused-ring (bicyclic) bond motifs is 2. The van der Waals surface area contributed by atoms with Crippen molar-refractivity contribution in [3.05, 3.63) is 137 Å². The molecule has 3 heteroatoms. The maximum atomic E-state index is 3.99.